The van der Waals surface area contributed by atoms with Crippen LogP contribution in [0.5, 0.6) is 0 Å². The number of hydrogen-bond acceptors (Lipinski definition) is 6. The van der Waals surface area contributed by atoms with Crippen molar-refractivity contribution in [1.82, 2.24) is 9.97 Å². The number of hydrogen-bond donors (Lipinski definition) is 2. The second kappa shape index (κ2) is 5.88. The van der Waals surface area contributed by atoms with Gasteiger partial charge >= 0.3 is 0 Å². The summed E-state index contributed by atoms with van der Waals surface area (Å²) >= 11 is 0. The van der Waals surface area contributed by atoms with Crippen molar-refractivity contribution < 1.29 is 4.42 Å². The molecule has 27 heavy (non-hydrogen) atoms. The van der Waals surface area contributed by atoms with E-state index in [1.807, 2.05) is 24.3 Å². The van der Waals surface area contributed by atoms with Crippen molar-refractivity contribution in [2.75, 3.05) is 16.4 Å². The monoisotopic (exact) mass is 355 g/mol. The van der Waals surface area contributed by atoms with E-state index in [9.17, 15) is 0 Å². The van der Waals surface area contributed by atoms with E-state index >= 15 is 0 Å². The van der Waals surface area contributed by atoms with Crippen LogP contribution in [-0.2, 0) is 6.54 Å². The molecular weight excluding hydrogens is 338 g/mol. The van der Waals surface area contributed by atoms with Gasteiger partial charge in [0.2, 0.25) is 11.7 Å². The van der Waals surface area contributed by atoms with E-state index in [1.165, 1.54) is 0 Å². The van der Waals surface area contributed by atoms with Crippen LogP contribution in [0.3, 0.4) is 0 Å². The van der Waals surface area contributed by atoms with Gasteiger partial charge in [0.15, 0.2) is 0 Å². The van der Waals surface area contributed by atoms with E-state index in [0.717, 1.165) is 28.1 Å². The molecule has 1 aliphatic heterocycles. The van der Waals surface area contributed by atoms with E-state index in [2.05, 4.69) is 51.3 Å². The second-order valence-corrected chi connectivity index (χ2v) is 6.45. The van der Waals surface area contributed by atoms with Crippen LogP contribution in [0.4, 0.5) is 23.1 Å². The van der Waals surface area contributed by atoms with Gasteiger partial charge in [-0.2, -0.15) is 9.97 Å². The Hall–Kier alpha value is -3.80. The number of para-hydroxylation sites is 2. The third-order valence-electron chi connectivity index (χ3n) is 4.78. The van der Waals surface area contributed by atoms with Gasteiger partial charge in [0.05, 0.1) is 18.2 Å². The maximum absolute atomic E-state index is 6.11. The molecule has 0 radical (unpaired) electrons. The molecule has 0 aliphatic carbocycles. The van der Waals surface area contributed by atoms with Gasteiger partial charge in [-0.15, -0.1) is 0 Å². The fraction of sp³-hybridized carbons (Fsp3) is 0.0476. The summed E-state index contributed by atoms with van der Waals surface area (Å²) in [6.07, 6.45) is 5.96. The van der Waals surface area contributed by atoms with Gasteiger partial charge in [-0.1, -0.05) is 48.6 Å². The number of furan rings is 1. The smallest absolute Gasteiger partial charge is 0.233 e. The number of nitrogens with zero attached hydrogens (tertiary/aromatic N) is 3. The van der Waals surface area contributed by atoms with Gasteiger partial charge in [0.25, 0.3) is 0 Å². The summed E-state index contributed by atoms with van der Waals surface area (Å²) < 4.78 is 5.61. The summed E-state index contributed by atoms with van der Waals surface area (Å²) in [5.74, 6) is 0.436. The average molecular weight is 355 g/mol. The Morgan fingerprint density at radius 2 is 1.48 bits per heavy atom. The van der Waals surface area contributed by atoms with Crippen LogP contribution in [0.1, 0.15) is 16.7 Å². The lowest BCUT2D eigenvalue weighted by atomic mass is 10.1. The van der Waals surface area contributed by atoms with Gasteiger partial charge in [-0.05, 0) is 23.3 Å². The first-order chi connectivity index (χ1) is 13.2. The number of anilines is 4. The molecule has 0 saturated carbocycles. The summed E-state index contributed by atoms with van der Waals surface area (Å²) in [7, 11) is 0. The van der Waals surface area contributed by atoms with E-state index < -0.39 is 0 Å². The molecule has 6 heteroatoms. The molecule has 0 atom stereocenters. The normalized spacial score (nSPS) is 12.7. The molecule has 2 aromatic heterocycles. The zero-order chi connectivity index (χ0) is 18.4. The van der Waals surface area contributed by atoms with Crippen molar-refractivity contribution in [2.45, 2.75) is 6.54 Å². The van der Waals surface area contributed by atoms with Crippen molar-refractivity contribution in [3.63, 3.8) is 0 Å². The van der Waals surface area contributed by atoms with E-state index in [0.29, 0.717) is 23.5 Å². The van der Waals surface area contributed by atoms with Gasteiger partial charge in [-0.25, -0.2) is 0 Å². The molecule has 0 bridgehead atoms. The molecule has 132 valence electrons. The molecule has 4 N–H and O–H groups in total. The highest BCUT2D eigenvalue weighted by atomic mass is 16.3. The highest BCUT2D eigenvalue weighted by Gasteiger charge is 2.21. The van der Waals surface area contributed by atoms with Gasteiger partial charge in [-0.3, -0.25) is 0 Å². The number of aromatic nitrogens is 2. The van der Waals surface area contributed by atoms with Gasteiger partial charge in [0, 0.05) is 16.9 Å². The maximum Gasteiger partial charge on any atom is 0.233 e. The van der Waals surface area contributed by atoms with Crippen molar-refractivity contribution in [2.24, 2.45) is 0 Å². The molecule has 0 amide bonds. The fourth-order valence-electron chi connectivity index (χ4n) is 3.56. The molecule has 6 nitrogen and oxygen atoms in total. The predicted octanol–water partition coefficient (Wildman–Crippen LogP) is 4.21. The standard InChI is InChI=1S/C21H17N5O/c22-19-18-15(12-27-20(18)25-21(23)24-19)11-26-16-7-3-1-5-13(16)9-10-14-6-2-4-8-17(14)26/h1-10,12H,11H2,(H4,22,23,24,25). The fourth-order valence-corrected chi connectivity index (χ4v) is 3.56. The minimum absolute atomic E-state index is 0.107. The van der Waals surface area contributed by atoms with E-state index in [1.54, 1.807) is 6.26 Å². The maximum atomic E-state index is 6.11. The first-order valence-electron chi connectivity index (χ1n) is 8.63. The quantitative estimate of drug-likeness (QED) is 0.559. The largest absolute Gasteiger partial charge is 0.446 e. The lowest BCUT2D eigenvalue weighted by molar-refractivity contribution is 0.598. The van der Waals surface area contributed by atoms with Crippen molar-refractivity contribution in [3.8, 4) is 0 Å². The van der Waals surface area contributed by atoms with Crippen molar-refractivity contribution >= 4 is 46.4 Å². The third-order valence-corrected chi connectivity index (χ3v) is 4.78. The van der Waals surface area contributed by atoms with Crippen LogP contribution in [-0.4, -0.2) is 9.97 Å². The van der Waals surface area contributed by atoms with Crippen LogP contribution in [0, 0.1) is 0 Å². The van der Waals surface area contributed by atoms with Crippen LogP contribution in [0.2, 0.25) is 0 Å². The Morgan fingerprint density at radius 1 is 0.852 bits per heavy atom. The zero-order valence-electron chi connectivity index (χ0n) is 14.5. The highest BCUT2D eigenvalue weighted by molar-refractivity contribution is 5.91. The Kier molecular flexibility index (Phi) is 3.36. The number of nitrogens with two attached hydrogens (primary N) is 2. The summed E-state index contributed by atoms with van der Waals surface area (Å²) in [5, 5.41) is 0.705. The molecule has 1 aliphatic rings. The molecule has 0 spiro atoms. The SMILES string of the molecule is Nc1nc(N)c2c(CN3c4ccccc4C=Cc4ccccc43)coc2n1. The summed E-state index contributed by atoms with van der Waals surface area (Å²) in [6, 6.07) is 16.6. The van der Waals surface area contributed by atoms with Gasteiger partial charge in [0.1, 0.15) is 5.82 Å². The van der Waals surface area contributed by atoms with Crippen molar-refractivity contribution in [1.29, 1.82) is 0 Å². The lowest BCUT2D eigenvalue weighted by Crippen LogP contribution is -2.17. The molecule has 0 unspecified atom stereocenters. The molecule has 0 fully saturated rings. The van der Waals surface area contributed by atoms with Crippen LogP contribution >= 0.6 is 0 Å². The predicted molar refractivity (Wildman–Crippen MR) is 108 cm³/mol. The molecular formula is C21H17N5O. The van der Waals surface area contributed by atoms with E-state index in [4.69, 9.17) is 15.9 Å². The number of fused-ring (bicyclic) bond motifs is 3. The lowest BCUT2D eigenvalue weighted by Gasteiger charge is -2.26. The van der Waals surface area contributed by atoms with Gasteiger partial charge < -0.3 is 20.8 Å². The van der Waals surface area contributed by atoms with Crippen LogP contribution < -0.4 is 16.4 Å². The Bertz CT molecular complexity index is 1140. The third kappa shape index (κ3) is 2.50. The first kappa shape index (κ1) is 15.5. The molecule has 5 rings (SSSR count). The minimum Gasteiger partial charge on any atom is -0.446 e. The van der Waals surface area contributed by atoms with Crippen LogP contribution in [0.25, 0.3) is 23.3 Å². The molecule has 4 aromatic rings. The van der Waals surface area contributed by atoms with E-state index in [-0.39, 0.29) is 5.95 Å². The highest BCUT2D eigenvalue weighted by Crippen LogP contribution is 2.38. The second-order valence-electron chi connectivity index (χ2n) is 6.45. The Labute approximate surface area is 155 Å². The Balaban J connectivity index is 1.68. The van der Waals surface area contributed by atoms with Crippen LogP contribution in [0.15, 0.2) is 59.2 Å². The minimum atomic E-state index is 0.107. The topological polar surface area (TPSA) is 94.2 Å². The Morgan fingerprint density at radius 3 is 2.15 bits per heavy atom. The summed E-state index contributed by atoms with van der Waals surface area (Å²) in [5.41, 5.74) is 17.6. The zero-order valence-corrected chi connectivity index (χ0v) is 14.5. The van der Waals surface area contributed by atoms with Crippen molar-refractivity contribution in [3.05, 3.63) is 71.5 Å². The molecule has 0 saturated heterocycles. The number of rotatable bonds is 2. The molecule has 3 heterocycles. The number of benzene rings is 2. The number of nitrogen functional groups attached to an aromatic ring is 2. The molecule has 2 aromatic carbocycles. The first-order valence-corrected chi connectivity index (χ1v) is 8.63. The summed E-state index contributed by atoms with van der Waals surface area (Å²) in [6.45, 7) is 0.570. The summed E-state index contributed by atoms with van der Waals surface area (Å²) in [4.78, 5) is 10.5. The average Bonchev–Trinajstić information content (AvgIpc) is 3.00.